The second-order valence-electron chi connectivity index (χ2n) is 4.96. The highest BCUT2D eigenvalue weighted by Crippen LogP contribution is 2.21. The minimum atomic E-state index is -0.877. The lowest BCUT2D eigenvalue weighted by Gasteiger charge is -2.30. The van der Waals surface area contributed by atoms with Crippen molar-refractivity contribution in [3.8, 4) is 0 Å². The van der Waals surface area contributed by atoms with Crippen LogP contribution in [-0.4, -0.2) is 22.5 Å². The Morgan fingerprint density at radius 2 is 2.18 bits per heavy atom. The molecule has 0 saturated heterocycles. The van der Waals surface area contributed by atoms with Gasteiger partial charge in [0.15, 0.2) is 0 Å². The molecule has 0 saturated carbocycles. The molecule has 4 heteroatoms. The Kier molecular flexibility index (Phi) is 4.73. The van der Waals surface area contributed by atoms with Gasteiger partial charge in [0.25, 0.3) is 0 Å². The predicted octanol–water partition coefficient (Wildman–Crippen LogP) is 2.10. The molecule has 0 aromatic rings. The van der Waals surface area contributed by atoms with Crippen molar-refractivity contribution in [3.63, 3.8) is 0 Å². The second kappa shape index (κ2) is 5.84. The van der Waals surface area contributed by atoms with Crippen molar-refractivity contribution < 1.29 is 14.7 Å². The van der Waals surface area contributed by atoms with Gasteiger partial charge in [-0.2, -0.15) is 0 Å². The lowest BCUT2D eigenvalue weighted by Crippen LogP contribution is -2.49. The molecule has 0 fully saturated rings. The molecule has 0 aliphatic heterocycles. The summed E-state index contributed by atoms with van der Waals surface area (Å²) in [6.07, 6.45) is 7.24. The van der Waals surface area contributed by atoms with Gasteiger partial charge in [0.1, 0.15) is 0 Å². The zero-order chi connectivity index (χ0) is 12.9. The molecule has 1 aliphatic rings. The molecule has 0 aromatic carbocycles. The van der Waals surface area contributed by atoms with Crippen molar-refractivity contribution >= 4 is 11.9 Å². The van der Waals surface area contributed by atoms with E-state index in [1.54, 1.807) is 6.92 Å². The van der Waals surface area contributed by atoms with E-state index >= 15 is 0 Å². The maximum Gasteiger partial charge on any atom is 0.305 e. The van der Waals surface area contributed by atoms with Crippen LogP contribution in [0.3, 0.4) is 0 Å². The first-order chi connectivity index (χ1) is 7.97. The third-order valence-corrected chi connectivity index (χ3v) is 3.39. The summed E-state index contributed by atoms with van der Waals surface area (Å²) in [6.45, 7) is 3.68. The number of carbonyl (C=O) groups is 2. The molecule has 4 nitrogen and oxygen atoms in total. The van der Waals surface area contributed by atoms with Crippen LogP contribution in [0.2, 0.25) is 0 Å². The maximum absolute atomic E-state index is 12.0. The van der Waals surface area contributed by atoms with E-state index in [9.17, 15) is 9.59 Å². The number of carboxylic acids is 1. The highest BCUT2D eigenvalue weighted by Gasteiger charge is 2.30. The quantitative estimate of drug-likeness (QED) is 0.722. The van der Waals surface area contributed by atoms with E-state index in [4.69, 9.17) is 5.11 Å². The smallest absolute Gasteiger partial charge is 0.305 e. The largest absolute Gasteiger partial charge is 0.481 e. The molecule has 1 rings (SSSR count). The van der Waals surface area contributed by atoms with Crippen LogP contribution in [0.25, 0.3) is 0 Å². The number of aliphatic carboxylic acids is 1. The summed E-state index contributed by atoms with van der Waals surface area (Å²) in [6, 6.07) is 0. The average Bonchev–Trinajstić information content (AvgIpc) is 2.29. The van der Waals surface area contributed by atoms with Crippen LogP contribution >= 0.6 is 0 Å². The Morgan fingerprint density at radius 1 is 1.47 bits per heavy atom. The molecule has 2 N–H and O–H groups in total. The molecule has 1 amide bonds. The maximum atomic E-state index is 12.0. The van der Waals surface area contributed by atoms with Crippen LogP contribution in [-0.2, 0) is 9.59 Å². The Bertz CT molecular complexity index is 325. The molecule has 1 aliphatic carbocycles. The lowest BCUT2D eigenvalue weighted by atomic mass is 9.90. The molecular formula is C13H21NO3. The second-order valence-corrected chi connectivity index (χ2v) is 4.96. The molecule has 0 radical (unpaired) electrons. The number of nitrogens with one attached hydrogen (secondary N) is 1. The van der Waals surface area contributed by atoms with Crippen LogP contribution < -0.4 is 5.32 Å². The number of rotatable bonds is 5. The topological polar surface area (TPSA) is 66.4 Å². The predicted molar refractivity (Wildman–Crippen MR) is 65.6 cm³/mol. The van der Waals surface area contributed by atoms with Crippen molar-refractivity contribution in [2.24, 2.45) is 5.92 Å². The van der Waals surface area contributed by atoms with Gasteiger partial charge in [-0.25, -0.2) is 0 Å². The van der Waals surface area contributed by atoms with Gasteiger partial charge >= 0.3 is 5.97 Å². The van der Waals surface area contributed by atoms with Crippen LogP contribution in [0.1, 0.15) is 46.0 Å². The van der Waals surface area contributed by atoms with Gasteiger partial charge < -0.3 is 10.4 Å². The Morgan fingerprint density at radius 3 is 2.65 bits per heavy atom. The first-order valence-electron chi connectivity index (χ1n) is 6.15. The summed E-state index contributed by atoms with van der Waals surface area (Å²) in [5.41, 5.74) is -0.635. The van der Waals surface area contributed by atoms with E-state index < -0.39 is 11.5 Å². The van der Waals surface area contributed by atoms with Crippen LogP contribution in [0, 0.1) is 5.92 Å². The monoisotopic (exact) mass is 239 g/mol. The van der Waals surface area contributed by atoms with Crippen LogP contribution in [0.4, 0.5) is 0 Å². The zero-order valence-corrected chi connectivity index (χ0v) is 10.5. The number of hydrogen-bond acceptors (Lipinski definition) is 2. The van der Waals surface area contributed by atoms with Crippen molar-refractivity contribution in [3.05, 3.63) is 12.2 Å². The summed E-state index contributed by atoms with van der Waals surface area (Å²) < 4.78 is 0. The van der Waals surface area contributed by atoms with Gasteiger partial charge in [0, 0.05) is 11.5 Å². The molecule has 0 spiro atoms. The molecule has 0 heterocycles. The van der Waals surface area contributed by atoms with Gasteiger partial charge in [-0.15, -0.1) is 0 Å². The van der Waals surface area contributed by atoms with Gasteiger partial charge in [0.05, 0.1) is 6.42 Å². The van der Waals surface area contributed by atoms with E-state index in [-0.39, 0.29) is 18.2 Å². The first-order valence-corrected chi connectivity index (χ1v) is 6.15. The van der Waals surface area contributed by atoms with Crippen LogP contribution in [0.15, 0.2) is 12.2 Å². The van der Waals surface area contributed by atoms with E-state index in [0.29, 0.717) is 6.42 Å². The van der Waals surface area contributed by atoms with Crippen LogP contribution in [0.5, 0.6) is 0 Å². The van der Waals surface area contributed by atoms with E-state index in [2.05, 4.69) is 11.4 Å². The Balaban J connectivity index is 2.57. The summed E-state index contributed by atoms with van der Waals surface area (Å²) >= 11 is 0. The Hall–Kier alpha value is -1.32. The van der Waals surface area contributed by atoms with Crippen molar-refractivity contribution in [1.82, 2.24) is 5.32 Å². The fourth-order valence-electron chi connectivity index (χ4n) is 2.02. The normalized spacial score (nSPS) is 22.8. The highest BCUT2D eigenvalue weighted by atomic mass is 16.4. The number of carbonyl (C=O) groups excluding carboxylic acids is 1. The first kappa shape index (κ1) is 13.7. The number of amides is 1. The highest BCUT2D eigenvalue weighted by molar-refractivity contribution is 5.80. The fourth-order valence-corrected chi connectivity index (χ4v) is 2.02. The third kappa shape index (κ3) is 4.21. The summed E-state index contributed by atoms with van der Waals surface area (Å²) in [5.74, 6) is -0.891. The van der Waals surface area contributed by atoms with Gasteiger partial charge in [-0.1, -0.05) is 19.1 Å². The number of hydrogen-bond donors (Lipinski definition) is 2. The summed E-state index contributed by atoms with van der Waals surface area (Å²) in [7, 11) is 0. The minimum Gasteiger partial charge on any atom is -0.481 e. The van der Waals surface area contributed by atoms with E-state index in [1.807, 2.05) is 13.0 Å². The van der Waals surface area contributed by atoms with E-state index in [0.717, 1.165) is 19.3 Å². The van der Waals surface area contributed by atoms with Crippen molar-refractivity contribution in [1.29, 1.82) is 0 Å². The van der Waals surface area contributed by atoms with Gasteiger partial charge in [-0.3, -0.25) is 9.59 Å². The van der Waals surface area contributed by atoms with Crippen molar-refractivity contribution in [2.45, 2.75) is 51.5 Å². The zero-order valence-electron chi connectivity index (χ0n) is 10.5. The molecule has 17 heavy (non-hydrogen) atoms. The lowest BCUT2D eigenvalue weighted by molar-refractivity contribution is -0.139. The fraction of sp³-hybridized carbons (Fsp3) is 0.692. The SMILES string of the molecule is CCC(C)(CC(=O)O)NC(=O)C1CC=CCC1. The number of allylic oxidation sites excluding steroid dienone is 2. The number of carboxylic acid groups (broad SMARTS) is 1. The summed E-state index contributed by atoms with van der Waals surface area (Å²) in [5, 5.41) is 11.7. The Labute approximate surface area is 102 Å². The average molecular weight is 239 g/mol. The summed E-state index contributed by atoms with van der Waals surface area (Å²) in [4.78, 5) is 22.8. The van der Waals surface area contributed by atoms with Gasteiger partial charge in [-0.05, 0) is 32.6 Å². The molecule has 0 aromatic heterocycles. The standard InChI is InChI=1S/C13H21NO3/c1-3-13(2,9-11(15)16)14-12(17)10-7-5-4-6-8-10/h4-5,10H,3,6-9H2,1-2H3,(H,14,17)(H,15,16). The van der Waals surface area contributed by atoms with Gasteiger partial charge in [0.2, 0.25) is 5.91 Å². The molecule has 0 bridgehead atoms. The molecule has 96 valence electrons. The molecule has 2 unspecified atom stereocenters. The molecular weight excluding hydrogens is 218 g/mol. The molecule has 2 atom stereocenters. The van der Waals surface area contributed by atoms with E-state index in [1.165, 1.54) is 0 Å². The minimum absolute atomic E-state index is 0.000306. The third-order valence-electron chi connectivity index (χ3n) is 3.39. The van der Waals surface area contributed by atoms with Crippen molar-refractivity contribution in [2.75, 3.05) is 0 Å².